The first-order valence-electron chi connectivity index (χ1n) is 9.33. The van der Waals surface area contributed by atoms with Gasteiger partial charge in [0.1, 0.15) is 33.7 Å². The first kappa shape index (κ1) is 22.5. The minimum atomic E-state index is -0.816. The molecule has 11 heteroatoms. The molecule has 0 fully saturated rings. The largest absolute Gasteiger partial charge is 0.476 e. The first-order chi connectivity index (χ1) is 14.7. The second-order valence-corrected chi connectivity index (χ2v) is 8.32. The van der Waals surface area contributed by atoms with Crippen molar-refractivity contribution in [3.8, 4) is 16.5 Å². The number of nitrogens with zero attached hydrogens (tertiary/aromatic N) is 3. The Hall–Kier alpha value is -3.18. The molecular weight excluding hydrogens is 428 g/mol. The van der Waals surface area contributed by atoms with Gasteiger partial charge in [0.2, 0.25) is 5.88 Å². The lowest BCUT2D eigenvalue weighted by atomic mass is 10.0. The van der Waals surface area contributed by atoms with Gasteiger partial charge >= 0.3 is 0 Å². The van der Waals surface area contributed by atoms with Gasteiger partial charge in [0, 0.05) is 0 Å². The highest BCUT2D eigenvalue weighted by atomic mass is 32.1. The van der Waals surface area contributed by atoms with Crippen LogP contribution in [0.2, 0.25) is 0 Å². The van der Waals surface area contributed by atoms with Crippen LogP contribution in [0.3, 0.4) is 0 Å². The summed E-state index contributed by atoms with van der Waals surface area (Å²) < 4.78 is 33.7. The molecule has 0 unspecified atom stereocenters. The Labute approximate surface area is 181 Å². The average molecular weight is 449 g/mol. The SMILES string of the molecule is CC(C)(O)CCCOc1ncncc1NC(=O)c1nc(-c2c(F)cccc2F)sc1N. The number of halogens is 2. The van der Waals surface area contributed by atoms with Crippen LogP contribution in [0.4, 0.5) is 19.5 Å². The summed E-state index contributed by atoms with van der Waals surface area (Å²) in [5.41, 5.74) is 4.71. The molecule has 2 aromatic heterocycles. The van der Waals surface area contributed by atoms with Crippen molar-refractivity contribution in [2.75, 3.05) is 17.7 Å². The predicted octanol–water partition coefficient (Wildman–Crippen LogP) is 3.64. The maximum atomic E-state index is 14.0. The summed E-state index contributed by atoms with van der Waals surface area (Å²) in [5, 5.41) is 12.3. The number of nitrogens with one attached hydrogen (secondary N) is 1. The maximum Gasteiger partial charge on any atom is 0.277 e. The minimum Gasteiger partial charge on any atom is -0.476 e. The molecule has 1 amide bonds. The molecule has 0 spiro atoms. The third kappa shape index (κ3) is 5.70. The summed E-state index contributed by atoms with van der Waals surface area (Å²) in [6, 6.07) is 3.42. The van der Waals surface area contributed by atoms with Gasteiger partial charge in [-0.2, -0.15) is 4.98 Å². The lowest BCUT2D eigenvalue weighted by Crippen LogP contribution is -2.19. The molecule has 0 saturated carbocycles. The van der Waals surface area contributed by atoms with E-state index in [2.05, 4.69) is 20.3 Å². The standard InChI is InChI=1S/C20H21F2N5O3S/c1-20(2,29)7-4-8-30-18-13(9-24-10-25-18)26-17(28)15-16(23)31-19(27-15)14-11(21)5-3-6-12(14)22/h3,5-6,9-10,29H,4,7-8,23H2,1-2H3,(H,26,28). The number of ether oxygens (including phenoxy) is 1. The van der Waals surface area contributed by atoms with Crippen LogP contribution >= 0.6 is 11.3 Å². The van der Waals surface area contributed by atoms with Crippen LogP contribution < -0.4 is 15.8 Å². The molecule has 3 rings (SSSR count). The monoisotopic (exact) mass is 449 g/mol. The summed E-state index contributed by atoms with van der Waals surface area (Å²) in [6.07, 6.45) is 3.69. The van der Waals surface area contributed by atoms with Crippen LogP contribution in [0.1, 0.15) is 37.2 Å². The lowest BCUT2D eigenvalue weighted by Gasteiger charge is -2.17. The lowest BCUT2D eigenvalue weighted by molar-refractivity contribution is 0.0639. The molecule has 0 aliphatic carbocycles. The van der Waals surface area contributed by atoms with Crippen molar-refractivity contribution in [1.29, 1.82) is 0 Å². The van der Waals surface area contributed by atoms with Crippen LogP contribution in [-0.2, 0) is 0 Å². The van der Waals surface area contributed by atoms with E-state index in [0.29, 0.717) is 12.8 Å². The zero-order chi connectivity index (χ0) is 22.6. The van der Waals surface area contributed by atoms with E-state index in [0.717, 1.165) is 23.5 Å². The minimum absolute atomic E-state index is 0.000326. The third-order valence-electron chi connectivity index (χ3n) is 4.14. The van der Waals surface area contributed by atoms with Crippen molar-refractivity contribution >= 4 is 27.9 Å². The van der Waals surface area contributed by atoms with Gasteiger partial charge in [-0.15, -0.1) is 0 Å². The van der Waals surface area contributed by atoms with E-state index in [1.165, 1.54) is 18.6 Å². The average Bonchev–Trinajstić information content (AvgIpc) is 3.07. The Morgan fingerprint density at radius 2 is 2.03 bits per heavy atom. The highest BCUT2D eigenvalue weighted by Crippen LogP contribution is 2.34. The van der Waals surface area contributed by atoms with Gasteiger partial charge in [-0.3, -0.25) is 4.79 Å². The van der Waals surface area contributed by atoms with Gasteiger partial charge in [0.15, 0.2) is 5.69 Å². The molecule has 3 aromatic rings. The van der Waals surface area contributed by atoms with E-state index in [1.807, 2.05) is 0 Å². The molecular formula is C20H21F2N5O3S. The number of hydrogen-bond donors (Lipinski definition) is 3. The molecule has 31 heavy (non-hydrogen) atoms. The van der Waals surface area contributed by atoms with Crippen molar-refractivity contribution in [2.24, 2.45) is 0 Å². The molecule has 0 aliphatic rings. The molecule has 8 nitrogen and oxygen atoms in total. The van der Waals surface area contributed by atoms with Gasteiger partial charge in [-0.1, -0.05) is 17.4 Å². The Kier molecular flexibility index (Phi) is 6.76. The smallest absolute Gasteiger partial charge is 0.277 e. The van der Waals surface area contributed by atoms with Gasteiger partial charge in [-0.05, 0) is 38.8 Å². The van der Waals surface area contributed by atoms with E-state index >= 15 is 0 Å². The third-order valence-corrected chi connectivity index (χ3v) is 5.04. The number of aliphatic hydroxyl groups is 1. The van der Waals surface area contributed by atoms with Crippen LogP contribution in [0.15, 0.2) is 30.7 Å². The van der Waals surface area contributed by atoms with Gasteiger partial charge in [0.05, 0.1) is 24.0 Å². The number of thiazole rings is 1. The fourth-order valence-corrected chi connectivity index (χ4v) is 3.56. The van der Waals surface area contributed by atoms with Crippen LogP contribution in [0.25, 0.3) is 10.6 Å². The quantitative estimate of drug-likeness (QED) is 0.449. The number of nitrogen functional groups attached to an aromatic ring is 1. The summed E-state index contributed by atoms with van der Waals surface area (Å²) in [6.45, 7) is 3.66. The summed E-state index contributed by atoms with van der Waals surface area (Å²) in [7, 11) is 0. The van der Waals surface area contributed by atoms with Crippen molar-refractivity contribution in [3.05, 3.63) is 48.1 Å². The number of amides is 1. The number of anilines is 2. The highest BCUT2D eigenvalue weighted by Gasteiger charge is 2.22. The molecule has 0 aliphatic heterocycles. The number of carbonyl (C=O) groups excluding carboxylic acids is 1. The number of nitrogens with two attached hydrogens (primary N) is 1. The fourth-order valence-electron chi connectivity index (χ4n) is 2.68. The number of aromatic nitrogens is 3. The predicted molar refractivity (Wildman–Crippen MR) is 113 cm³/mol. The number of rotatable bonds is 8. The molecule has 0 atom stereocenters. The van der Waals surface area contributed by atoms with Crippen molar-refractivity contribution in [2.45, 2.75) is 32.3 Å². The van der Waals surface area contributed by atoms with Gasteiger partial charge < -0.3 is 20.9 Å². The molecule has 0 saturated heterocycles. The fraction of sp³-hybridized carbons (Fsp3) is 0.300. The Balaban J connectivity index is 1.75. The molecule has 4 N–H and O–H groups in total. The van der Waals surface area contributed by atoms with E-state index in [-0.39, 0.29) is 39.4 Å². The molecule has 164 valence electrons. The number of carbonyl (C=O) groups is 1. The maximum absolute atomic E-state index is 14.0. The topological polar surface area (TPSA) is 123 Å². The Morgan fingerprint density at radius 3 is 2.71 bits per heavy atom. The summed E-state index contributed by atoms with van der Waals surface area (Å²) in [5.74, 6) is -2.18. The van der Waals surface area contributed by atoms with Gasteiger partial charge in [0.25, 0.3) is 5.91 Å². The zero-order valence-electron chi connectivity index (χ0n) is 16.9. The second kappa shape index (κ2) is 9.31. The van der Waals surface area contributed by atoms with E-state index < -0.39 is 23.1 Å². The molecule has 0 radical (unpaired) electrons. The Bertz CT molecular complexity index is 1060. The number of hydrogen-bond acceptors (Lipinski definition) is 8. The van der Waals surface area contributed by atoms with E-state index in [9.17, 15) is 18.7 Å². The summed E-state index contributed by atoms with van der Waals surface area (Å²) in [4.78, 5) is 24.6. The molecule has 1 aromatic carbocycles. The van der Waals surface area contributed by atoms with Crippen LogP contribution in [-0.4, -0.2) is 38.2 Å². The molecule has 2 heterocycles. The van der Waals surface area contributed by atoms with Crippen LogP contribution in [0, 0.1) is 11.6 Å². The Morgan fingerprint density at radius 1 is 1.32 bits per heavy atom. The second-order valence-electron chi connectivity index (χ2n) is 7.29. The molecule has 0 bridgehead atoms. The van der Waals surface area contributed by atoms with E-state index in [4.69, 9.17) is 10.5 Å². The van der Waals surface area contributed by atoms with E-state index in [1.54, 1.807) is 13.8 Å². The highest BCUT2D eigenvalue weighted by molar-refractivity contribution is 7.19. The van der Waals surface area contributed by atoms with Crippen molar-refractivity contribution in [1.82, 2.24) is 15.0 Å². The van der Waals surface area contributed by atoms with Gasteiger partial charge in [-0.25, -0.2) is 18.7 Å². The number of benzene rings is 1. The normalized spacial score (nSPS) is 11.4. The first-order valence-corrected chi connectivity index (χ1v) is 10.1. The van der Waals surface area contributed by atoms with Crippen molar-refractivity contribution < 1.29 is 23.4 Å². The zero-order valence-corrected chi connectivity index (χ0v) is 17.7. The van der Waals surface area contributed by atoms with Crippen molar-refractivity contribution in [3.63, 3.8) is 0 Å². The van der Waals surface area contributed by atoms with Crippen LogP contribution in [0.5, 0.6) is 5.88 Å². The summed E-state index contributed by atoms with van der Waals surface area (Å²) >= 11 is 0.798.